The summed E-state index contributed by atoms with van der Waals surface area (Å²) in [5.41, 5.74) is 3.59. The van der Waals surface area contributed by atoms with E-state index in [0.717, 1.165) is 43.2 Å². The Kier molecular flexibility index (Phi) is 7.16. The van der Waals surface area contributed by atoms with E-state index in [1.165, 1.54) is 16.7 Å². The minimum absolute atomic E-state index is 0.00475. The van der Waals surface area contributed by atoms with Gasteiger partial charge in [-0.1, -0.05) is 74.6 Å². The fourth-order valence-corrected chi connectivity index (χ4v) is 9.03. The molecular formula is C36H48O5. The van der Waals surface area contributed by atoms with E-state index in [-0.39, 0.29) is 23.4 Å². The Labute approximate surface area is 246 Å². The van der Waals surface area contributed by atoms with Crippen molar-refractivity contribution in [3.8, 4) is 11.8 Å². The lowest BCUT2D eigenvalue weighted by atomic mass is 9.49. The molecule has 6 atom stereocenters. The number of rotatable bonds is 3. The fraction of sp³-hybridized carbons (Fsp3) is 0.667. The van der Waals surface area contributed by atoms with Crippen LogP contribution in [0.1, 0.15) is 103 Å². The van der Waals surface area contributed by atoms with Crippen molar-refractivity contribution in [2.75, 3.05) is 19.8 Å². The van der Waals surface area contributed by atoms with Crippen LogP contribution in [-0.4, -0.2) is 52.1 Å². The molecule has 1 aromatic rings. The number of fused-ring (bicyclic) bond motifs is 4. The summed E-state index contributed by atoms with van der Waals surface area (Å²) in [7, 11) is 0. The highest BCUT2D eigenvalue weighted by Crippen LogP contribution is 2.68. The van der Waals surface area contributed by atoms with E-state index in [0.29, 0.717) is 50.7 Å². The minimum atomic E-state index is -1.08. The summed E-state index contributed by atoms with van der Waals surface area (Å²) in [6.07, 6.45) is 6.33. The molecule has 5 nitrogen and oxygen atoms in total. The van der Waals surface area contributed by atoms with Gasteiger partial charge < -0.3 is 24.8 Å². The van der Waals surface area contributed by atoms with Crippen molar-refractivity contribution in [1.82, 2.24) is 0 Å². The maximum absolute atomic E-state index is 12.4. The Morgan fingerprint density at radius 2 is 1.73 bits per heavy atom. The largest absolute Gasteiger partial charge is 0.395 e. The van der Waals surface area contributed by atoms with Crippen LogP contribution in [0.4, 0.5) is 0 Å². The van der Waals surface area contributed by atoms with Crippen molar-refractivity contribution in [1.29, 1.82) is 0 Å². The molecule has 5 heteroatoms. The molecule has 5 aliphatic rings. The van der Waals surface area contributed by atoms with E-state index in [1.807, 2.05) is 6.92 Å². The maximum atomic E-state index is 12.4. The van der Waals surface area contributed by atoms with Crippen LogP contribution in [0.2, 0.25) is 0 Å². The van der Waals surface area contributed by atoms with Crippen LogP contribution < -0.4 is 0 Å². The Morgan fingerprint density at radius 3 is 2.39 bits per heavy atom. The predicted octanol–water partition coefficient (Wildman–Crippen LogP) is 6.13. The third-order valence-corrected chi connectivity index (χ3v) is 11.4. The van der Waals surface area contributed by atoms with Crippen molar-refractivity contribution in [3.63, 3.8) is 0 Å². The Morgan fingerprint density at radius 1 is 1.02 bits per heavy atom. The highest BCUT2D eigenvalue weighted by molar-refractivity contribution is 5.61. The third kappa shape index (κ3) is 4.75. The molecular weight excluding hydrogens is 512 g/mol. The number of aliphatic hydroxyl groups excluding tert-OH is 1. The lowest BCUT2D eigenvalue weighted by molar-refractivity contribution is -0.322. The zero-order chi connectivity index (χ0) is 29.3. The zero-order valence-corrected chi connectivity index (χ0v) is 25.4. The summed E-state index contributed by atoms with van der Waals surface area (Å²) < 4.78 is 12.8. The highest BCUT2D eigenvalue weighted by Gasteiger charge is 2.64. The topological polar surface area (TPSA) is 79.2 Å². The summed E-state index contributed by atoms with van der Waals surface area (Å²) in [4.78, 5) is 0. The van der Waals surface area contributed by atoms with Crippen LogP contribution >= 0.6 is 0 Å². The van der Waals surface area contributed by atoms with Gasteiger partial charge in [0, 0.05) is 36.0 Å². The summed E-state index contributed by atoms with van der Waals surface area (Å²) >= 11 is 0. The lowest BCUT2D eigenvalue weighted by Crippen LogP contribution is -2.58. The Bertz CT molecular complexity index is 1290. The standard InChI is InChI=1S/C36H48O5/c1-24(2)25-8-10-26(11-9-25)28-20-33(5)29(13-17-35(33,39)15-6-7-19-37)27-12-16-34(38)21-36(18-14-30(34)31(27)28)40-22-32(3,4)23-41-36/h8-11,27-29,37-39H,1,7,12-14,16-23H2,2-5H3/t27-,28+,29-,33-,34+,35-/m0/s1. The van der Waals surface area contributed by atoms with Gasteiger partial charge in [-0.2, -0.15) is 0 Å². The van der Waals surface area contributed by atoms with Crippen LogP contribution in [0.15, 0.2) is 42.0 Å². The van der Waals surface area contributed by atoms with Gasteiger partial charge in [-0.25, -0.2) is 0 Å². The fourth-order valence-electron chi connectivity index (χ4n) is 9.03. The van der Waals surface area contributed by atoms with E-state index in [9.17, 15) is 15.3 Å². The number of allylic oxidation sites excluding steroid dienone is 2. The van der Waals surface area contributed by atoms with E-state index >= 15 is 0 Å². The van der Waals surface area contributed by atoms with Crippen molar-refractivity contribution in [3.05, 3.63) is 53.1 Å². The number of ether oxygens (including phenoxy) is 2. The van der Waals surface area contributed by atoms with E-state index in [1.54, 1.807) is 0 Å². The van der Waals surface area contributed by atoms with Gasteiger partial charge in [0.05, 0.1) is 25.4 Å². The minimum Gasteiger partial charge on any atom is -0.395 e. The molecule has 4 aliphatic carbocycles. The molecule has 6 rings (SSSR count). The summed E-state index contributed by atoms with van der Waals surface area (Å²) in [6.45, 7) is 14.0. The molecule has 3 N–H and O–H groups in total. The number of aliphatic hydroxyl groups is 3. The Balaban J connectivity index is 1.43. The second kappa shape index (κ2) is 10.1. The van der Waals surface area contributed by atoms with Gasteiger partial charge in [0.2, 0.25) is 0 Å². The first-order valence-electron chi connectivity index (χ1n) is 15.7. The van der Waals surface area contributed by atoms with Gasteiger partial charge in [-0.3, -0.25) is 0 Å². The molecule has 0 aromatic heterocycles. The van der Waals surface area contributed by atoms with Crippen molar-refractivity contribution >= 4 is 5.57 Å². The van der Waals surface area contributed by atoms with Crippen LogP contribution in [-0.2, 0) is 9.47 Å². The maximum Gasteiger partial charge on any atom is 0.171 e. The van der Waals surface area contributed by atoms with E-state index in [2.05, 4.69) is 63.5 Å². The van der Waals surface area contributed by atoms with Gasteiger partial charge in [0.15, 0.2) is 5.79 Å². The van der Waals surface area contributed by atoms with Gasteiger partial charge in [0.1, 0.15) is 5.60 Å². The van der Waals surface area contributed by atoms with Gasteiger partial charge in [-0.05, 0) is 74.0 Å². The molecule has 1 heterocycles. The molecule has 1 aromatic carbocycles. The average Bonchev–Trinajstić information content (AvgIpc) is 3.20. The average molecular weight is 561 g/mol. The molecule has 1 saturated heterocycles. The predicted molar refractivity (Wildman–Crippen MR) is 161 cm³/mol. The normalized spacial score (nSPS) is 38.9. The number of hydrogen-bond acceptors (Lipinski definition) is 5. The van der Waals surface area contributed by atoms with Crippen LogP contribution in [0, 0.1) is 34.5 Å². The van der Waals surface area contributed by atoms with Gasteiger partial charge in [-0.15, -0.1) is 0 Å². The summed E-state index contributed by atoms with van der Waals surface area (Å²) in [5.74, 6) is 6.28. The van der Waals surface area contributed by atoms with Gasteiger partial charge >= 0.3 is 0 Å². The molecule has 1 aliphatic heterocycles. The summed E-state index contributed by atoms with van der Waals surface area (Å²) in [6, 6.07) is 8.76. The molecule has 0 radical (unpaired) electrons. The van der Waals surface area contributed by atoms with Crippen LogP contribution in [0.25, 0.3) is 5.57 Å². The van der Waals surface area contributed by atoms with Crippen molar-refractivity contribution in [2.24, 2.45) is 22.7 Å². The molecule has 3 saturated carbocycles. The first kappa shape index (κ1) is 29.1. The molecule has 0 bridgehead atoms. The SMILES string of the molecule is C=C(C)c1ccc([C@H]2C[C@@]3(C)[C@@H](CC[C@@]3(O)C#CCCO)[C@@H]3CC[C@@]4(O)CC5(CCC4=C32)OCC(C)(C)CO5)cc1. The molecule has 1 spiro atoms. The monoisotopic (exact) mass is 560 g/mol. The smallest absolute Gasteiger partial charge is 0.171 e. The van der Waals surface area contributed by atoms with Gasteiger partial charge in [0.25, 0.3) is 0 Å². The first-order chi connectivity index (χ1) is 19.3. The molecule has 0 amide bonds. The second-order valence-electron chi connectivity index (χ2n) is 14.8. The van der Waals surface area contributed by atoms with Crippen molar-refractivity contribution < 1.29 is 24.8 Å². The quantitative estimate of drug-likeness (QED) is 0.306. The van der Waals surface area contributed by atoms with Crippen LogP contribution in [0.5, 0.6) is 0 Å². The molecule has 0 unspecified atom stereocenters. The molecule has 41 heavy (non-hydrogen) atoms. The first-order valence-corrected chi connectivity index (χ1v) is 15.7. The second-order valence-corrected chi connectivity index (χ2v) is 14.8. The third-order valence-electron chi connectivity index (χ3n) is 11.4. The highest BCUT2D eigenvalue weighted by atomic mass is 16.7. The van der Waals surface area contributed by atoms with E-state index < -0.39 is 17.0 Å². The van der Waals surface area contributed by atoms with E-state index in [4.69, 9.17) is 9.47 Å². The molecule has 4 fully saturated rings. The summed E-state index contributed by atoms with van der Waals surface area (Å²) in [5, 5.41) is 33.8. The zero-order valence-electron chi connectivity index (χ0n) is 25.4. The number of benzene rings is 1. The van der Waals surface area contributed by atoms with Crippen molar-refractivity contribution in [2.45, 2.75) is 108 Å². The Hall–Kier alpha value is -1.94. The molecule has 222 valence electrons. The van der Waals surface area contributed by atoms with Crippen LogP contribution in [0.3, 0.4) is 0 Å². The lowest BCUT2D eigenvalue weighted by Gasteiger charge is -2.58. The number of hydrogen-bond donors (Lipinski definition) is 3.